The lowest BCUT2D eigenvalue weighted by Gasteiger charge is -2.37. The van der Waals surface area contributed by atoms with E-state index in [1.54, 1.807) is 0 Å². The minimum Gasteiger partial charge on any atom is -0.357 e. The average molecular weight is 259 g/mol. The van der Waals surface area contributed by atoms with Crippen LogP contribution in [-0.4, -0.2) is 24.1 Å². The molecule has 1 saturated heterocycles. The molecular formula is C16H25N3. The molecule has 1 aromatic rings. The van der Waals surface area contributed by atoms with Crippen molar-refractivity contribution in [3.63, 3.8) is 0 Å². The summed E-state index contributed by atoms with van der Waals surface area (Å²) in [6.07, 6.45) is 5.19. The summed E-state index contributed by atoms with van der Waals surface area (Å²) in [5.41, 5.74) is 1.68. The Morgan fingerprint density at radius 3 is 2.68 bits per heavy atom. The molecule has 19 heavy (non-hydrogen) atoms. The van der Waals surface area contributed by atoms with E-state index in [2.05, 4.69) is 42.3 Å². The lowest BCUT2D eigenvalue weighted by molar-refractivity contribution is 0.279. The molecule has 3 nitrogen and oxygen atoms in total. The van der Waals surface area contributed by atoms with Gasteiger partial charge in [0.05, 0.1) is 5.69 Å². The van der Waals surface area contributed by atoms with Crippen LogP contribution in [0.15, 0.2) is 18.2 Å². The van der Waals surface area contributed by atoms with Crippen LogP contribution in [0.25, 0.3) is 0 Å². The number of nitrogens with one attached hydrogen (secondary N) is 1. The molecule has 0 amide bonds. The standard InChI is InChI=1S/C16H25N3/c1-16(2)8-10-19(11-9-16)15-5-3-4-14(18-15)12-17-13-6-7-13/h3-5,13,17H,6-12H2,1-2H3. The van der Waals surface area contributed by atoms with Crippen LogP contribution < -0.4 is 10.2 Å². The highest BCUT2D eigenvalue weighted by molar-refractivity contribution is 5.39. The van der Waals surface area contributed by atoms with Gasteiger partial charge in [0, 0.05) is 25.7 Å². The number of hydrogen-bond acceptors (Lipinski definition) is 3. The Kier molecular flexibility index (Phi) is 3.48. The number of nitrogens with zero attached hydrogens (tertiary/aromatic N) is 2. The minimum atomic E-state index is 0.502. The fourth-order valence-electron chi connectivity index (χ4n) is 2.62. The van der Waals surface area contributed by atoms with Gasteiger partial charge in [0.25, 0.3) is 0 Å². The van der Waals surface area contributed by atoms with E-state index in [1.807, 2.05) is 0 Å². The van der Waals surface area contributed by atoms with E-state index >= 15 is 0 Å². The van der Waals surface area contributed by atoms with Gasteiger partial charge >= 0.3 is 0 Å². The van der Waals surface area contributed by atoms with E-state index in [0.717, 1.165) is 31.5 Å². The van der Waals surface area contributed by atoms with Crippen molar-refractivity contribution in [1.82, 2.24) is 10.3 Å². The third-order valence-electron chi connectivity index (χ3n) is 4.38. The Morgan fingerprint density at radius 1 is 1.26 bits per heavy atom. The summed E-state index contributed by atoms with van der Waals surface area (Å²) < 4.78 is 0. The number of rotatable bonds is 4. The summed E-state index contributed by atoms with van der Waals surface area (Å²) >= 11 is 0. The van der Waals surface area contributed by atoms with E-state index in [-0.39, 0.29) is 0 Å². The molecule has 2 aliphatic rings. The molecule has 0 bridgehead atoms. The van der Waals surface area contributed by atoms with Crippen LogP contribution in [0.3, 0.4) is 0 Å². The zero-order chi connectivity index (χ0) is 13.3. The van der Waals surface area contributed by atoms with Crippen molar-refractivity contribution in [3.05, 3.63) is 23.9 Å². The highest BCUT2D eigenvalue weighted by Gasteiger charge is 2.26. The first-order valence-electron chi connectivity index (χ1n) is 7.57. The van der Waals surface area contributed by atoms with Crippen molar-refractivity contribution in [1.29, 1.82) is 0 Å². The van der Waals surface area contributed by atoms with Gasteiger partial charge in [-0.1, -0.05) is 19.9 Å². The van der Waals surface area contributed by atoms with Gasteiger partial charge < -0.3 is 10.2 Å². The molecule has 0 unspecified atom stereocenters. The molecule has 1 N–H and O–H groups in total. The Balaban J connectivity index is 1.62. The second kappa shape index (κ2) is 5.12. The Morgan fingerprint density at radius 2 is 2.00 bits per heavy atom. The van der Waals surface area contributed by atoms with Crippen molar-refractivity contribution in [2.45, 2.75) is 52.1 Å². The van der Waals surface area contributed by atoms with Crippen LogP contribution in [0, 0.1) is 5.41 Å². The van der Waals surface area contributed by atoms with Gasteiger partial charge in [-0.25, -0.2) is 4.98 Å². The highest BCUT2D eigenvalue weighted by atomic mass is 15.2. The number of pyridine rings is 1. The van der Waals surface area contributed by atoms with Crippen LogP contribution in [0.4, 0.5) is 5.82 Å². The molecule has 1 aliphatic carbocycles. The topological polar surface area (TPSA) is 28.2 Å². The first-order chi connectivity index (χ1) is 9.12. The quantitative estimate of drug-likeness (QED) is 0.901. The predicted octanol–water partition coefficient (Wildman–Crippen LogP) is 2.96. The molecule has 3 heteroatoms. The zero-order valence-electron chi connectivity index (χ0n) is 12.2. The van der Waals surface area contributed by atoms with Crippen LogP contribution in [0.5, 0.6) is 0 Å². The Hall–Kier alpha value is -1.09. The van der Waals surface area contributed by atoms with Gasteiger partial charge in [-0.15, -0.1) is 0 Å². The number of piperidine rings is 1. The van der Waals surface area contributed by atoms with E-state index < -0.39 is 0 Å². The molecule has 0 atom stereocenters. The van der Waals surface area contributed by atoms with E-state index in [1.165, 1.54) is 31.4 Å². The molecular weight excluding hydrogens is 234 g/mol. The number of anilines is 1. The van der Waals surface area contributed by atoms with E-state index in [9.17, 15) is 0 Å². The van der Waals surface area contributed by atoms with E-state index in [4.69, 9.17) is 4.98 Å². The maximum Gasteiger partial charge on any atom is 0.128 e. The van der Waals surface area contributed by atoms with Gasteiger partial charge in [0.2, 0.25) is 0 Å². The summed E-state index contributed by atoms with van der Waals surface area (Å²) in [7, 11) is 0. The summed E-state index contributed by atoms with van der Waals surface area (Å²) in [5, 5.41) is 3.54. The highest BCUT2D eigenvalue weighted by Crippen LogP contribution is 2.31. The lowest BCUT2D eigenvalue weighted by atomic mass is 9.83. The van der Waals surface area contributed by atoms with Crippen LogP contribution in [0.1, 0.15) is 45.2 Å². The molecule has 0 aromatic carbocycles. The monoisotopic (exact) mass is 259 g/mol. The van der Waals surface area contributed by atoms with Gasteiger partial charge in [-0.05, 0) is 43.2 Å². The van der Waals surface area contributed by atoms with E-state index in [0.29, 0.717) is 5.41 Å². The van der Waals surface area contributed by atoms with Crippen molar-refractivity contribution in [2.24, 2.45) is 5.41 Å². The van der Waals surface area contributed by atoms with Gasteiger partial charge in [0.15, 0.2) is 0 Å². The largest absolute Gasteiger partial charge is 0.357 e. The molecule has 0 radical (unpaired) electrons. The van der Waals surface area contributed by atoms with Gasteiger partial charge in [0.1, 0.15) is 5.82 Å². The number of hydrogen-bond donors (Lipinski definition) is 1. The fraction of sp³-hybridized carbons (Fsp3) is 0.688. The zero-order valence-corrected chi connectivity index (χ0v) is 12.2. The minimum absolute atomic E-state index is 0.502. The molecule has 3 rings (SSSR count). The third kappa shape index (κ3) is 3.47. The van der Waals surface area contributed by atoms with Crippen LogP contribution in [-0.2, 0) is 6.54 Å². The van der Waals surface area contributed by atoms with Crippen LogP contribution in [0.2, 0.25) is 0 Å². The third-order valence-corrected chi connectivity index (χ3v) is 4.38. The maximum absolute atomic E-state index is 4.81. The van der Waals surface area contributed by atoms with Gasteiger partial charge in [-0.3, -0.25) is 0 Å². The molecule has 2 fully saturated rings. The molecule has 0 spiro atoms. The molecule has 1 aromatic heterocycles. The molecule has 2 heterocycles. The van der Waals surface area contributed by atoms with Crippen molar-refractivity contribution in [2.75, 3.05) is 18.0 Å². The Labute approximate surface area is 116 Å². The molecule has 1 aliphatic heterocycles. The SMILES string of the molecule is CC1(C)CCN(c2cccc(CNC3CC3)n2)CC1. The summed E-state index contributed by atoms with van der Waals surface area (Å²) in [6.45, 7) is 7.93. The predicted molar refractivity (Wildman–Crippen MR) is 79.3 cm³/mol. The van der Waals surface area contributed by atoms with Crippen molar-refractivity contribution in [3.8, 4) is 0 Å². The lowest BCUT2D eigenvalue weighted by Crippen LogP contribution is -2.37. The second-order valence-corrected chi connectivity index (χ2v) is 6.79. The summed E-state index contributed by atoms with van der Waals surface area (Å²) in [4.78, 5) is 7.24. The first kappa shape index (κ1) is 12.9. The van der Waals surface area contributed by atoms with Crippen molar-refractivity contribution < 1.29 is 0 Å². The molecule has 1 saturated carbocycles. The number of aromatic nitrogens is 1. The summed E-state index contributed by atoms with van der Waals surface area (Å²) in [5.74, 6) is 1.16. The fourth-order valence-corrected chi connectivity index (χ4v) is 2.62. The average Bonchev–Trinajstić information content (AvgIpc) is 3.21. The second-order valence-electron chi connectivity index (χ2n) is 6.79. The summed E-state index contributed by atoms with van der Waals surface area (Å²) in [6, 6.07) is 7.18. The van der Waals surface area contributed by atoms with Gasteiger partial charge in [-0.2, -0.15) is 0 Å². The molecule has 104 valence electrons. The maximum atomic E-state index is 4.81. The van der Waals surface area contributed by atoms with Crippen LogP contribution >= 0.6 is 0 Å². The van der Waals surface area contributed by atoms with Crippen molar-refractivity contribution >= 4 is 5.82 Å². The normalized spacial score (nSPS) is 22.5. The smallest absolute Gasteiger partial charge is 0.128 e. The Bertz CT molecular complexity index is 427. The first-order valence-corrected chi connectivity index (χ1v) is 7.57.